The monoisotopic (exact) mass is 234 g/mol. The van der Waals surface area contributed by atoms with Crippen molar-refractivity contribution in [1.29, 1.82) is 0 Å². The maximum absolute atomic E-state index is 13.0. The van der Waals surface area contributed by atoms with E-state index in [0.29, 0.717) is 6.04 Å². The third-order valence-corrected chi connectivity index (χ3v) is 3.83. The van der Waals surface area contributed by atoms with Gasteiger partial charge in [-0.05, 0) is 36.5 Å². The van der Waals surface area contributed by atoms with Gasteiger partial charge in [0.15, 0.2) is 0 Å². The first-order valence-electron chi connectivity index (χ1n) is 6.55. The number of halogens is 1. The Morgan fingerprint density at radius 3 is 2.35 bits per heavy atom. The summed E-state index contributed by atoms with van der Waals surface area (Å²) in [5, 5.41) is 3.39. The van der Waals surface area contributed by atoms with Gasteiger partial charge in [0, 0.05) is 32.2 Å². The summed E-state index contributed by atoms with van der Waals surface area (Å²) in [6, 6.07) is 7.61. The van der Waals surface area contributed by atoms with E-state index in [9.17, 15) is 4.39 Å². The molecule has 1 aromatic rings. The Labute approximate surface area is 102 Å². The highest BCUT2D eigenvalue weighted by atomic mass is 19.1. The van der Waals surface area contributed by atoms with E-state index in [1.807, 2.05) is 12.1 Å². The molecule has 1 N–H and O–H groups in total. The minimum absolute atomic E-state index is 0.136. The largest absolute Gasteiger partial charge is 0.314 e. The molecule has 1 saturated carbocycles. The number of hydrogen-bond donors (Lipinski definition) is 1. The zero-order chi connectivity index (χ0) is 11.7. The fourth-order valence-corrected chi connectivity index (χ4v) is 2.81. The molecule has 3 heteroatoms. The summed E-state index contributed by atoms with van der Waals surface area (Å²) in [5.41, 5.74) is 1.29. The van der Waals surface area contributed by atoms with Crippen LogP contribution in [-0.2, 0) is 0 Å². The number of nitrogens with one attached hydrogen (secondary N) is 1. The van der Waals surface area contributed by atoms with Gasteiger partial charge in [-0.25, -0.2) is 4.39 Å². The van der Waals surface area contributed by atoms with Crippen LogP contribution in [0.25, 0.3) is 0 Å². The van der Waals surface area contributed by atoms with Crippen LogP contribution >= 0.6 is 0 Å². The molecule has 92 valence electrons. The Morgan fingerprint density at radius 2 is 1.76 bits per heavy atom. The van der Waals surface area contributed by atoms with Crippen molar-refractivity contribution in [2.45, 2.75) is 18.9 Å². The van der Waals surface area contributed by atoms with E-state index >= 15 is 0 Å². The van der Waals surface area contributed by atoms with Gasteiger partial charge in [-0.3, -0.25) is 4.90 Å². The highest BCUT2D eigenvalue weighted by Gasteiger charge is 2.36. The van der Waals surface area contributed by atoms with E-state index in [-0.39, 0.29) is 5.82 Å². The lowest BCUT2D eigenvalue weighted by Crippen LogP contribution is -2.45. The predicted molar refractivity (Wildman–Crippen MR) is 66.3 cm³/mol. The van der Waals surface area contributed by atoms with Crippen molar-refractivity contribution in [2.24, 2.45) is 5.92 Å². The molecule has 0 aromatic heterocycles. The fraction of sp³-hybridized carbons (Fsp3) is 0.571. The topological polar surface area (TPSA) is 15.3 Å². The molecular weight excluding hydrogens is 215 g/mol. The first kappa shape index (κ1) is 11.2. The van der Waals surface area contributed by atoms with Gasteiger partial charge in [0.05, 0.1) is 0 Å². The van der Waals surface area contributed by atoms with Crippen molar-refractivity contribution >= 4 is 0 Å². The van der Waals surface area contributed by atoms with Crippen molar-refractivity contribution in [1.82, 2.24) is 10.2 Å². The quantitative estimate of drug-likeness (QED) is 0.862. The first-order chi connectivity index (χ1) is 8.34. The van der Waals surface area contributed by atoms with Gasteiger partial charge in [0.25, 0.3) is 0 Å². The van der Waals surface area contributed by atoms with E-state index in [1.165, 1.54) is 18.4 Å². The van der Waals surface area contributed by atoms with Gasteiger partial charge < -0.3 is 5.32 Å². The average Bonchev–Trinajstić information content (AvgIpc) is 3.18. The number of piperazine rings is 1. The summed E-state index contributed by atoms with van der Waals surface area (Å²) in [4.78, 5) is 2.56. The van der Waals surface area contributed by atoms with Crippen molar-refractivity contribution in [2.75, 3.05) is 26.2 Å². The number of rotatable bonds is 3. The lowest BCUT2D eigenvalue weighted by atomic mass is 10.00. The van der Waals surface area contributed by atoms with Crippen LogP contribution in [0.1, 0.15) is 24.4 Å². The van der Waals surface area contributed by atoms with Crippen LogP contribution in [0.3, 0.4) is 0 Å². The molecule has 1 heterocycles. The number of benzene rings is 1. The van der Waals surface area contributed by atoms with Crippen LogP contribution in [0, 0.1) is 11.7 Å². The summed E-state index contributed by atoms with van der Waals surface area (Å²) in [6.07, 6.45) is 2.65. The zero-order valence-corrected chi connectivity index (χ0v) is 10.0. The van der Waals surface area contributed by atoms with Crippen LogP contribution in [0.2, 0.25) is 0 Å². The summed E-state index contributed by atoms with van der Waals surface area (Å²) in [6.45, 7) is 4.37. The molecule has 2 fully saturated rings. The predicted octanol–water partition coefficient (Wildman–Crippen LogP) is 2.18. The summed E-state index contributed by atoms with van der Waals surface area (Å²) < 4.78 is 13.0. The lowest BCUT2D eigenvalue weighted by molar-refractivity contribution is 0.156. The lowest BCUT2D eigenvalue weighted by Gasteiger charge is -2.35. The Morgan fingerprint density at radius 1 is 1.12 bits per heavy atom. The molecule has 1 aromatic carbocycles. The van der Waals surface area contributed by atoms with Crippen LogP contribution in [0.15, 0.2) is 24.3 Å². The fourth-order valence-electron chi connectivity index (χ4n) is 2.81. The van der Waals surface area contributed by atoms with Gasteiger partial charge in [-0.15, -0.1) is 0 Å². The van der Waals surface area contributed by atoms with Gasteiger partial charge in [-0.1, -0.05) is 12.1 Å². The van der Waals surface area contributed by atoms with Gasteiger partial charge in [-0.2, -0.15) is 0 Å². The second kappa shape index (κ2) is 4.75. The van der Waals surface area contributed by atoms with Crippen LogP contribution in [0.5, 0.6) is 0 Å². The second-order valence-corrected chi connectivity index (χ2v) is 5.12. The normalized spacial score (nSPS) is 23.6. The van der Waals surface area contributed by atoms with E-state index in [2.05, 4.69) is 10.2 Å². The van der Waals surface area contributed by atoms with Gasteiger partial charge >= 0.3 is 0 Å². The molecule has 1 aliphatic carbocycles. The van der Waals surface area contributed by atoms with Gasteiger partial charge in [0.2, 0.25) is 0 Å². The molecule has 0 radical (unpaired) electrons. The maximum atomic E-state index is 13.0. The third-order valence-electron chi connectivity index (χ3n) is 3.83. The van der Waals surface area contributed by atoms with E-state index in [1.54, 1.807) is 12.1 Å². The van der Waals surface area contributed by atoms with Crippen molar-refractivity contribution in [3.8, 4) is 0 Å². The van der Waals surface area contributed by atoms with E-state index in [4.69, 9.17) is 0 Å². The molecule has 0 spiro atoms. The smallest absolute Gasteiger partial charge is 0.123 e. The first-order valence-corrected chi connectivity index (χ1v) is 6.55. The molecule has 1 unspecified atom stereocenters. The molecule has 1 saturated heterocycles. The standard InChI is InChI=1S/C14H19FN2/c15-13-5-3-12(4-6-13)14(11-1-2-11)17-9-7-16-8-10-17/h3-6,11,14,16H,1-2,7-10H2. The Hall–Kier alpha value is -0.930. The van der Waals surface area contributed by atoms with Crippen LogP contribution in [0.4, 0.5) is 4.39 Å². The molecule has 2 nitrogen and oxygen atoms in total. The zero-order valence-electron chi connectivity index (χ0n) is 10.0. The molecule has 0 bridgehead atoms. The van der Waals surface area contributed by atoms with Crippen LogP contribution in [-0.4, -0.2) is 31.1 Å². The van der Waals surface area contributed by atoms with Gasteiger partial charge in [0.1, 0.15) is 5.82 Å². The molecule has 0 amide bonds. The summed E-state index contributed by atoms with van der Waals surface area (Å²) >= 11 is 0. The molecule has 17 heavy (non-hydrogen) atoms. The Balaban J connectivity index is 1.81. The average molecular weight is 234 g/mol. The highest BCUT2D eigenvalue weighted by molar-refractivity contribution is 5.22. The number of nitrogens with zero attached hydrogens (tertiary/aromatic N) is 1. The summed E-state index contributed by atoms with van der Waals surface area (Å²) in [7, 11) is 0. The van der Waals surface area contributed by atoms with E-state index < -0.39 is 0 Å². The maximum Gasteiger partial charge on any atom is 0.123 e. The molecule has 1 aliphatic heterocycles. The van der Waals surface area contributed by atoms with Crippen molar-refractivity contribution in [3.05, 3.63) is 35.6 Å². The minimum Gasteiger partial charge on any atom is -0.314 e. The molecule has 3 rings (SSSR count). The van der Waals surface area contributed by atoms with Crippen molar-refractivity contribution < 1.29 is 4.39 Å². The molecular formula is C14H19FN2. The number of hydrogen-bond acceptors (Lipinski definition) is 2. The molecule has 2 aliphatic rings. The second-order valence-electron chi connectivity index (χ2n) is 5.12. The van der Waals surface area contributed by atoms with Crippen molar-refractivity contribution in [3.63, 3.8) is 0 Å². The molecule has 1 atom stereocenters. The highest BCUT2D eigenvalue weighted by Crippen LogP contribution is 2.44. The van der Waals surface area contributed by atoms with Crippen LogP contribution < -0.4 is 5.32 Å². The summed E-state index contributed by atoms with van der Waals surface area (Å²) in [5.74, 6) is 0.655. The SMILES string of the molecule is Fc1ccc(C(C2CC2)N2CCNCC2)cc1. The minimum atomic E-state index is -0.136. The third kappa shape index (κ3) is 2.50. The van der Waals surface area contributed by atoms with E-state index in [0.717, 1.165) is 32.1 Å². The Bertz CT molecular complexity index is 366. The Kier molecular flexibility index (Phi) is 3.12.